The van der Waals surface area contributed by atoms with Crippen LogP contribution >= 0.6 is 11.8 Å². The van der Waals surface area contributed by atoms with E-state index >= 15 is 0 Å². The molecule has 6 atom stereocenters. The Bertz CT molecular complexity index is 1010. The van der Waals surface area contributed by atoms with Crippen molar-refractivity contribution in [2.45, 2.75) is 30.2 Å². The van der Waals surface area contributed by atoms with Crippen LogP contribution in [-0.4, -0.2) is 51.2 Å². The van der Waals surface area contributed by atoms with Crippen LogP contribution in [0.15, 0.2) is 30.5 Å². The second kappa shape index (κ2) is 8.84. The standard InChI is InChI=1S/C22H26FN5O3S/c23-15-9-25-22-26-13-3-1-2-11(6-13)16(31-5-4-29)10-32-17-8-12-7-14(17)19(18(12)20(24)30)27-21(15)28-22/h1-3,6,9,12,14,16-19,29H,4-5,7-8,10H2,(H2,24,30)(H2,25,26,27,28)/t12-,14+,16+,17+,18-,19+/m0/s1. The number of ether oxygens (including phenoxy) is 1. The molecule has 1 aromatic heterocycles. The number of nitrogens with two attached hydrogens (primary N) is 1. The predicted molar refractivity (Wildman–Crippen MR) is 120 cm³/mol. The second-order valence-electron chi connectivity index (χ2n) is 8.59. The zero-order valence-corrected chi connectivity index (χ0v) is 18.2. The van der Waals surface area contributed by atoms with Crippen LogP contribution < -0.4 is 16.4 Å². The molecular weight excluding hydrogens is 433 g/mol. The highest BCUT2D eigenvalue weighted by Gasteiger charge is 2.55. The molecule has 2 aliphatic carbocycles. The van der Waals surface area contributed by atoms with Crippen molar-refractivity contribution < 1.29 is 19.0 Å². The van der Waals surface area contributed by atoms with Crippen LogP contribution in [-0.2, 0) is 9.53 Å². The number of carbonyl (C=O) groups is 1. The molecule has 0 unspecified atom stereocenters. The Morgan fingerprint density at radius 3 is 3.06 bits per heavy atom. The van der Waals surface area contributed by atoms with E-state index in [1.165, 1.54) is 0 Å². The topological polar surface area (TPSA) is 122 Å². The molecule has 1 aliphatic heterocycles. The molecule has 10 heteroatoms. The summed E-state index contributed by atoms with van der Waals surface area (Å²) in [7, 11) is 0. The zero-order valence-electron chi connectivity index (χ0n) is 17.4. The maximum atomic E-state index is 14.6. The summed E-state index contributed by atoms with van der Waals surface area (Å²) >= 11 is 1.81. The Labute approximate surface area is 189 Å². The number of amides is 1. The number of rotatable bonds is 4. The molecule has 5 rings (SSSR count). The van der Waals surface area contributed by atoms with E-state index in [0.717, 1.165) is 30.3 Å². The van der Waals surface area contributed by atoms with Gasteiger partial charge in [-0.3, -0.25) is 4.79 Å². The first-order chi connectivity index (χ1) is 15.5. The maximum absolute atomic E-state index is 14.6. The highest BCUT2D eigenvalue weighted by Crippen LogP contribution is 2.54. The van der Waals surface area contributed by atoms with E-state index < -0.39 is 5.82 Å². The SMILES string of the molecule is NC(=O)[C@H]1[C@H]2C[C@H]3[C@H]1Nc1nc(ncc1F)Nc1cccc(c1)[C@H](OCCO)CS[C@@H]3C2. The van der Waals surface area contributed by atoms with Crippen molar-refractivity contribution in [1.29, 1.82) is 0 Å². The quantitative estimate of drug-likeness (QED) is 0.550. The number of nitrogens with zero attached hydrogens (tertiary/aromatic N) is 2. The van der Waals surface area contributed by atoms with E-state index in [9.17, 15) is 14.3 Å². The number of aliphatic hydroxyl groups excluding tert-OH is 1. The Kier molecular flexibility index (Phi) is 5.92. The largest absolute Gasteiger partial charge is 0.394 e. The molecule has 5 N–H and O–H groups in total. The van der Waals surface area contributed by atoms with Gasteiger partial charge in [0.25, 0.3) is 0 Å². The number of anilines is 3. The molecule has 2 saturated carbocycles. The number of aromatic nitrogens is 2. The van der Waals surface area contributed by atoms with Crippen molar-refractivity contribution >= 4 is 35.1 Å². The lowest BCUT2D eigenvalue weighted by Crippen LogP contribution is -2.46. The third-order valence-electron chi connectivity index (χ3n) is 6.71. The number of fused-ring (bicyclic) bond motifs is 5. The molecule has 3 aliphatic rings. The van der Waals surface area contributed by atoms with Crippen molar-refractivity contribution in [1.82, 2.24) is 9.97 Å². The highest BCUT2D eigenvalue weighted by atomic mass is 32.2. The number of hydrogen-bond donors (Lipinski definition) is 4. The Balaban J connectivity index is 1.53. The molecule has 32 heavy (non-hydrogen) atoms. The van der Waals surface area contributed by atoms with Gasteiger partial charge in [0.1, 0.15) is 0 Å². The first kappa shape index (κ1) is 21.4. The van der Waals surface area contributed by atoms with Gasteiger partial charge in [-0.1, -0.05) is 12.1 Å². The van der Waals surface area contributed by atoms with Crippen molar-refractivity contribution in [3.63, 3.8) is 0 Å². The third kappa shape index (κ3) is 4.02. The minimum absolute atomic E-state index is 0.0499. The average Bonchev–Trinajstić information content (AvgIpc) is 3.34. The molecule has 1 aromatic carbocycles. The van der Waals surface area contributed by atoms with Crippen LogP contribution in [0.2, 0.25) is 0 Å². The summed E-state index contributed by atoms with van der Waals surface area (Å²) in [5, 5.41) is 15.9. The Morgan fingerprint density at radius 2 is 2.25 bits per heavy atom. The van der Waals surface area contributed by atoms with Gasteiger partial charge in [0.05, 0.1) is 31.4 Å². The smallest absolute Gasteiger partial charge is 0.229 e. The van der Waals surface area contributed by atoms with Crippen molar-refractivity contribution in [2.75, 3.05) is 29.6 Å². The number of nitrogens with one attached hydrogen (secondary N) is 2. The molecule has 8 nitrogen and oxygen atoms in total. The summed E-state index contributed by atoms with van der Waals surface area (Å²) in [5.41, 5.74) is 7.47. The molecule has 0 spiro atoms. The van der Waals surface area contributed by atoms with Crippen LogP contribution in [0.5, 0.6) is 0 Å². The van der Waals surface area contributed by atoms with Gasteiger partial charge >= 0.3 is 0 Å². The highest BCUT2D eigenvalue weighted by molar-refractivity contribution is 7.99. The second-order valence-corrected chi connectivity index (χ2v) is 9.86. The molecule has 2 heterocycles. The van der Waals surface area contributed by atoms with E-state index in [1.54, 1.807) is 0 Å². The minimum Gasteiger partial charge on any atom is -0.394 e. The summed E-state index contributed by atoms with van der Waals surface area (Å²) < 4.78 is 20.5. The van der Waals surface area contributed by atoms with Gasteiger partial charge < -0.3 is 26.2 Å². The monoisotopic (exact) mass is 459 g/mol. The fourth-order valence-corrected chi connectivity index (χ4v) is 7.00. The first-order valence-electron chi connectivity index (χ1n) is 10.8. The van der Waals surface area contributed by atoms with E-state index in [2.05, 4.69) is 20.6 Å². The van der Waals surface area contributed by atoms with E-state index in [4.69, 9.17) is 10.5 Å². The normalized spacial score (nSPS) is 30.8. The lowest BCUT2D eigenvalue weighted by molar-refractivity contribution is -0.123. The maximum Gasteiger partial charge on any atom is 0.229 e. The van der Waals surface area contributed by atoms with Gasteiger partial charge in [0, 0.05) is 22.7 Å². The van der Waals surface area contributed by atoms with E-state index in [-0.39, 0.29) is 60.8 Å². The Morgan fingerprint density at radius 1 is 1.38 bits per heavy atom. The van der Waals surface area contributed by atoms with E-state index in [1.807, 2.05) is 36.0 Å². The van der Waals surface area contributed by atoms with Gasteiger partial charge in [0.15, 0.2) is 11.6 Å². The number of primary amides is 1. The first-order valence-corrected chi connectivity index (χ1v) is 11.9. The third-order valence-corrected chi connectivity index (χ3v) is 8.17. The lowest BCUT2D eigenvalue weighted by Gasteiger charge is -2.35. The Hall–Kier alpha value is -2.43. The molecule has 170 valence electrons. The summed E-state index contributed by atoms with van der Waals surface area (Å²) in [4.78, 5) is 20.7. The number of benzene rings is 1. The van der Waals surface area contributed by atoms with Gasteiger partial charge in [-0.15, -0.1) is 0 Å². The summed E-state index contributed by atoms with van der Waals surface area (Å²) in [6, 6.07) is 7.46. The average molecular weight is 460 g/mol. The van der Waals surface area contributed by atoms with Crippen LogP contribution in [0.3, 0.4) is 0 Å². The van der Waals surface area contributed by atoms with Gasteiger partial charge in [-0.2, -0.15) is 16.7 Å². The van der Waals surface area contributed by atoms with Crippen LogP contribution in [0, 0.1) is 23.6 Å². The summed E-state index contributed by atoms with van der Waals surface area (Å²) in [6.07, 6.45) is 2.70. The molecule has 6 bridgehead atoms. The van der Waals surface area contributed by atoms with Crippen LogP contribution in [0.25, 0.3) is 0 Å². The van der Waals surface area contributed by atoms with Crippen molar-refractivity contribution in [3.05, 3.63) is 41.8 Å². The zero-order chi connectivity index (χ0) is 22.2. The molecule has 0 saturated heterocycles. The van der Waals surface area contributed by atoms with E-state index in [0.29, 0.717) is 11.0 Å². The fourth-order valence-electron chi connectivity index (χ4n) is 5.38. The minimum atomic E-state index is -0.566. The summed E-state index contributed by atoms with van der Waals surface area (Å²) in [5.74, 6) is 0.0963. The molecule has 1 amide bonds. The number of carbonyl (C=O) groups excluding carboxylic acids is 1. The van der Waals surface area contributed by atoms with Crippen LogP contribution in [0.1, 0.15) is 24.5 Å². The van der Waals surface area contributed by atoms with Gasteiger partial charge in [-0.25, -0.2) is 9.37 Å². The summed E-state index contributed by atoms with van der Waals surface area (Å²) in [6.45, 7) is 0.198. The number of aliphatic hydroxyl groups is 1. The van der Waals surface area contributed by atoms with Gasteiger partial charge in [-0.05, 0) is 42.4 Å². The van der Waals surface area contributed by atoms with Crippen molar-refractivity contribution in [3.8, 4) is 0 Å². The van der Waals surface area contributed by atoms with Crippen molar-refractivity contribution in [2.24, 2.45) is 23.5 Å². The predicted octanol–water partition coefficient (Wildman–Crippen LogP) is 2.45. The van der Waals surface area contributed by atoms with Gasteiger partial charge in [0.2, 0.25) is 11.9 Å². The number of hydrogen-bond acceptors (Lipinski definition) is 8. The number of halogens is 1. The number of thioether (sulfide) groups is 1. The molecular formula is C22H26FN5O3S. The molecule has 0 radical (unpaired) electrons. The fraction of sp³-hybridized carbons (Fsp3) is 0.500. The van der Waals surface area contributed by atoms with Crippen LogP contribution in [0.4, 0.5) is 21.8 Å². The molecule has 2 fully saturated rings. The molecule has 2 aromatic rings. The lowest BCUT2D eigenvalue weighted by atomic mass is 9.83.